The lowest BCUT2D eigenvalue weighted by atomic mass is 10.1. The predicted molar refractivity (Wildman–Crippen MR) is 145 cm³/mol. The Morgan fingerprint density at radius 1 is 0.838 bits per heavy atom. The fourth-order valence-electron chi connectivity index (χ4n) is 4.31. The van der Waals surface area contributed by atoms with Crippen molar-refractivity contribution in [3.05, 3.63) is 96.4 Å². The van der Waals surface area contributed by atoms with Crippen LogP contribution in [0.25, 0.3) is 11.5 Å². The van der Waals surface area contributed by atoms with E-state index in [1.807, 2.05) is 54.4 Å². The summed E-state index contributed by atoms with van der Waals surface area (Å²) in [7, 11) is 0. The zero-order valence-electron chi connectivity index (χ0n) is 20.4. The second kappa shape index (κ2) is 12.2. The van der Waals surface area contributed by atoms with Gasteiger partial charge in [-0.15, -0.1) is 10.2 Å². The van der Waals surface area contributed by atoms with E-state index in [9.17, 15) is 8.78 Å². The van der Waals surface area contributed by atoms with Crippen molar-refractivity contribution in [3.63, 3.8) is 0 Å². The molecular formula is C28H29F2N5OS. The van der Waals surface area contributed by atoms with Gasteiger partial charge in [0.15, 0.2) is 0 Å². The first kappa shape index (κ1) is 25.2. The van der Waals surface area contributed by atoms with Gasteiger partial charge in [-0.1, -0.05) is 48.5 Å². The summed E-state index contributed by atoms with van der Waals surface area (Å²) in [6.07, 6.45) is -2.77. The minimum absolute atomic E-state index is 0.100. The first-order chi connectivity index (χ1) is 18.2. The topological polar surface area (TPSA) is 48.6 Å². The molecule has 6 nitrogen and oxygen atoms in total. The van der Waals surface area contributed by atoms with Crippen molar-refractivity contribution in [2.24, 2.45) is 0 Å². The van der Waals surface area contributed by atoms with Crippen molar-refractivity contribution in [1.29, 1.82) is 0 Å². The highest BCUT2D eigenvalue weighted by Gasteiger charge is 2.19. The van der Waals surface area contributed by atoms with Crippen LogP contribution in [0.3, 0.4) is 0 Å². The summed E-state index contributed by atoms with van der Waals surface area (Å²) in [4.78, 5) is 4.98. The molecule has 0 unspecified atom stereocenters. The number of alkyl halides is 2. The lowest BCUT2D eigenvalue weighted by molar-refractivity contribution is 0.116. The first-order valence-corrected chi connectivity index (χ1v) is 13.3. The summed E-state index contributed by atoms with van der Waals surface area (Å²) in [5.41, 5.74) is 4.16. The van der Waals surface area contributed by atoms with Crippen molar-refractivity contribution >= 4 is 23.3 Å². The molecule has 0 bridgehead atoms. The molecule has 1 aliphatic heterocycles. The Balaban J connectivity index is 1.17. The standard InChI is InChI=1S/C28H29F2N5OS/c29-26(30)28-32-31-27(36-28)23-13-11-22(12-14-23)21-35(25-9-5-2-6-10-25)37-20-19-33-15-17-34(18-16-33)24-7-3-1-4-8-24/h1-14,26H,15-21H2. The summed E-state index contributed by atoms with van der Waals surface area (Å²) in [5.74, 6) is 0.423. The van der Waals surface area contributed by atoms with Crippen molar-refractivity contribution < 1.29 is 13.2 Å². The summed E-state index contributed by atoms with van der Waals surface area (Å²) >= 11 is 1.82. The zero-order valence-corrected chi connectivity index (χ0v) is 21.2. The summed E-state index contributed by atoms with van der Waals surface area (Å²) in [6, 6.07) is 28.6. The minimum Gasteiger partial charge on any atom is -0.415 e. The van der Waals surface area contributed by atoms with E-state index in [1.165, 1.54) is 5.69 Å². The van der Waals surface area contributed by atoms with E-state index in [0.717, 1.165) is 49.7 Å². The minimum atomic E-state index is -2.77. The summed E-state index contributed by atoms with van der Waals surface area (Å²) in [5, 5.41) is 7.14. The predicted octanol–water partition coefficient (Wildman–Crippen LogP) is 6.15. The molecule has 0 saturated carbocycles. The Hall–Kier alpha value is -3.43. The highest BCUT2D eigenvalue weighted by atomic mass is 32.2. The largest absolute Gasteiger partial charge is 0.415 e. The van der Waals surface area contributed by atoms with Crippen molar-refractivity contribution in [3.8, 4) is 11.5 Å². The third kappa shape index (κ3) is 6.67. The SMILES string of the molecule is FC(F)c1nnc(-c2ccc(CN(SCCN3CCN(c4ccccc4)CC3)c3ccccc3)cc2)o1. The molecular weight excluding hydrogens is 492 g/mol. The summed E-state index contributed by atoms with van der Waals surface area (Å²) in [6.45, 7) is 5.95. The number of hydrogen-bond donors (Lipinski definition) is 0. The number of halogens is 2. The van der Waals surface area contributed by atoms with E-state index >= 15 is 0 Å². The molecule has 0 atom stereocenters. The molecule has 0 amide bonds. The van der Waals surface area contributed by atoms with Gasteiger partial charge in [-0.05, 0) is 53.9 Å². The number of benzene rings is 3. The average molecular weight is 522 g/mol. The van der Waals surface area contributed by atoms with Crippen LogP contribution in [0.4, 0.5) is 20.2 Å². The molecule has 37 heavy (non-hydrogen) atoms. The summed E-state index contributed by atoms with van der Waals surface area (Å²) < 4.78 is 32.9. The second-order valence-corrected chi connectivity index (χ2v) is 9.92. The number of piperazine rings is 1. The number of nitrogens with zero attached hydrogens (tertiary/aromatic N) is 5. The second-order valence-electron chi connectivity index (χ2n) is 8.81. The molecule has 0 spiro atoms. The molecule has 192 valence electrons. The molecule has 5 rings (SSSR count). The van der Waals surface area contributed by atoms with Crippen LogP contribution in [-0.4, -0.2) is 53.6 Å². The van der Waals surface area contributed by atoms with Crippen molar-refractivity contribution in [2.45, 2.75) is 13.0 Å². The lowest BCUT2D eigenvalue weighted by Gasteiger charge is -2.36. The van der Waals surface area contributed by atoms with Crippen molar-refractivity contribution in [2.75, 3.05) is 47.7 Å². The van der Waals surface area contributed by atoms with Gasteiger partial charge in [0.2, 0.25) is 5.89 Å². The van der Waals surface area contributed by atoms with Gasteiger partial charge in [-0.3, -0.25) is 4.90 Å². The molecule has 3 aromatic carbocycles. The van der Waals surface area contributed by atoms with Gasteiger partial charge in [-0.2, -0.15) is 8.78 Å². The highest BCUT2D eigenvalue weighted by molar-refractivity contribution is 8.00. The smallest absolute Gasteiger partial charge is 0.314 e. The molecule has 9 heteroatoms. The quantitative estimate of drug-likeness (QED) is 0.232. The van der Waals surface area contributed by atoms with Crippen LogP contribution in [0.2, 0.25) is 0 Å². The van der Waals surface area contributed by atoms with Crippen LogP contribution in [-0.2, 0) is 6.54 Å². The molecule has 1 fully saturated rings. The fraction of sp³-hybridized carbons (Fsp3) is 0.286. The number of rotatable bonds is 10. The number of anilines is 2. The van der Waals surface area contributed by atoms with Crippen LogP contribution < -0.4 is 9.21 Å². The highest BCUT2D eigenvalue weighted by Crippen LogP contribution is 2.27. The Morgan fingerprint density at radius 2 is 1.51 bits per heavy atom. The molecule has 2 heterocycles. The Labute approximate surface area is 220 Å². The molecule has 0 aliphatic carbocycles. The Bertz CT molecular complexity index is 1230. The van der Waals surface area contributed by atoms with E-state index in [2.05, 4.69) is 66.8 Å². The number of para-hydroxylation sites is 2. The molecule has 0 N–H and O–H groups in total. The van der Waals surface area contributed by atoms with Gasteiger partial charge in [0.1, 0.15) is 0 Å². The van der Waals surface area contributed by atoms with Crippen LogP contribution in [0.15, 0.2) is 89.3 Å². The van der Waals surface area contributed by atoms with E-state index < -0.39 is 12.3 Å². The first-order valence-electron chi connectivity index (χ1n) is 12.3. The van der Waals surface area contributed by atoms with Gasteiger partial charge in [0.05, 0.1) is 6.54 Å². The van der Waals surface area contributed by atoms with Crippen LogP contribution in [0.5, 0.6) is 0 Å². The monoisotopic (exact) mass is 521 g/mol. The van der Waals surface area contributed by atoms with Gasteiger partial charge >= 0.3 is 6.43 Å². The third-order valence-corrected chi connectivity index (χ3v) is 7.36. The zero-order chi connectivity index (χ0) is 25.5. The van der Waals surface area contributed by atoms with Crippen LogP contribution in [0, 0.1) is 0 Å². The van der Waals surface area contributed by atoms with E-state index in [1.54, 1.807) is 0 Å². The van der Waals surface area contributed by atoms with Crippen molar-refractivity contribution in [1.82, 2.24) is 15.1 Å². The third-order valence-electron chi connectivity index (χ3n) is 6.35. The molecule has 1 aromatic heterocycles. The van der Waals surface area contributed by atoms with Gasteiger partial charge in [0.25, 0.3) is 5.89 Å². The number of hydrogen-bond acceptors (Lipinski definition) is 7. The molecule has 0 radical (unpaired) electrons. The molecule has 1 aliphatic rings. The maximum atomic E-state index is 12.8. The normalized spacial score (nSPS) is 14.3. The lowest BCUT2D eigenvalue weighted by Crippen LogP contribution is -2.47. The van der Waals surface area contributed by atoms with Gasteiger partial charge in [0, 0.05) is 55.4 Å². The van der Waals surface area contributed by atoms with Crippen LogP contribution >= 0.6 is 11.9 Å². The maximum Gasteiger partial charge on any atom is 0.314 e. The Morgan fingerprint density at radius 3 is 2.16 bits per heavy atom. The van der Waals surface area contributed by atoms with Gasteiger partial charge < -0.3 is 13.6 Å². The number of aromatic nitrogens is 2. The van der Waals surface area contributed by atoms with E-state index in [4.69, 9.17) is 4.42 Å². The van der Waals surface area contributed by atoms with E-state index in [-0.39, 0.29) is 5.89 Å². The average Bonchev–Trinajstić information content (AvgIpc) is 3.45. The van der Waals surface area contributed by atoms with Crippen LogP contribution in [0.1, 0.15) is 17.9 Å². The maximum absolute atomic E-state index is 12.8. The fourth-order valence-corrected chi connectivity index (χ4v) is 5.38. The van der Waals surface area contributed by atoms with E-state index in [0.29, 0.717) is 12.1 Å². The van der Waals surface area contributed by atoms with Gasteiger partial charge in [-0.25, -0.2) is 0 Å². The molecule has 4 aromatic rings. The molecule has 1 saturated heterocycles. The Kier molecular flexibility index (Phi) is 8.32.